The highest BCUT2D eigenvalue weighted by Gasteiger charge is 2.16. The van der Waals surface area contributed by atoms with Crippen LogP contribution in [0.25, 0.3) is 0 Å². The summed E-state index contributed by atoms with van der Waals surface area (Å²) >= 11 is 1.46. The first-order valence-electron chi connectivity index (χ1n) is 7.62. The molecule has 3 rings (SSSR count). The van der Waals surface area contributed by atoms with Crippen LogP contribution >= 0.6 is 11.3 Å². The van der Waals surface area contributed by atoms with Crippen LogP contribution in [0.5, 0.6) is 0 Å². The summed E-state index contributed by atoms with van der Waals surface area (Å²) in [6, 6.07) is 17.3. The smallest absolute Gasteiger partial charge is 0.284 e. The maximum atomic E-state index is 12.6. The fourth-order valence-electron chi connectivity index (χ4n) is 2.14. The van der Waals surface area contributed by atoms with Crippen molar-refractivity contribution in [2.24, 2.45) is 4.40 Å². The van der Waals surface area contributed by atoms with E-state index in [-0.39, 0.29) is 10.7 Å². The number of rotatable bonds is 4. The minimum Gasteiger partial charge on any atom is -0.315 e. The quantitative estimate of drug-likeness (QED) is 0.556. The van der Waals surface area contributed by atoms with E-state index in [1.165, 1.54) is 23.5 Å². The number of benzene rings is 2. The van der Waals surface area contributed by atoms with E-state index < -0.39 is 10.0 Å². The Morgan fingerprint density at radius 3 is 2.16 bits per heavy atom. The van der Waals surface area contributed by atoms with Crippen molar-refractivity contribution in [3.8, 4) is 0 Å². The van der Waals surface area contributed by atoms with E-state index in [1.807, 2.05) is 32.0 Å². The zero-order valence-electron chi connectivity index (χ0n) is 13.8. The molecule has 0 amide bonds. The summed E-state index contributed by atoms with van der Waals surface area (Å²) < 4.78 is 29.3. The Balaban J connectivity index is 2.05. The van der Waals surface area contributed by atoms with Crippen LogP contribution in [0.1, 0.15) is 16.1 Å². The summed E-state index contributed by atoms with van der Waals surface area (Å²) in [5.41, 5.74) is 1.58. The van der Waals surface area contributed by atoms with Gasteiger partial charge < -0.3 is 5.32 Å². The highest BCUT2D eigenvalue weighted by atomic mass is 32.2. The van der Waals surface area contributed by atoms with Crippen molar-refractivity contribution in [1.82, 2.24) is 4.98 Å². The van der Waals surface area contributed by atoms with Gasteiger partial charge in [-0.1, -0.05) is 48.5 Å². The number of sulfonamides is 1. The van der Waals surface area contributed by atoms with Gasteiger partial charge in [0.05, 0.1) is 10.6 Å². The van der Waals surface area contributed by atoms with Gasteiger partial charge in [0.1, 0.15) is 0 Å². The van der Waals surface area contributed by atoms with Crippen molar-refractivity contribution >= 4 is 32.3 Å². The maximum absolute atomic E-state index is 12.6. The molecule has 7 heteroatoms. The van der Waals surface area contributed by atoms with E-state index in [1.54, 1.807) is 30.3 Å². The number of thiazole rings is 1. The molecule has 0 aliphatic carbocycles. The monoisotopic (exact) mass is 371 g/mol. The predicted molar refractivity (Wildman–Crippen MR) is 102 cm³/mol. The molecule has 5 nitrogen and oxygen atoms in total. The van der Waals surface area contributed by atoms with Gasteiger partial charge in [0.15, 0.2) is 11.0 Å². The van der Waals surface area contributed by atoms with Gasteiger partial charge >= 0.3 is 0 Å². The lowest BCUT2D eigenvalue weighted by Crippen LogP contribution is -2.16. The number of anilines is 1. The van der Waals surface area contributed by atoms with E-state index in [0.717, 1.165) is 10.6 Å². The van der Waals surface area contributed by atoms with E-state index in [0.29, 0.717) is 10.7 Å². The fraction of sp³-hybridized carbons (Fsp3) is 0.111. The van der Waals surface area contributed by atoms with Gasteiger partial charge in [-0.2, -0.15) is 8.42 Å². The molecule has 0 bridgehead atoms. The van der Waals surface area contributed by atoms with Gasteiger partial charge in [-0.25, -0.2) is 4.98 Å². The number of nitrogens with one attached hydrogen (secondary N) is 1. The summed E-state index contributed by atoms with van der Waals surface area (Å²) in [6.07, 6.45) is 0. The predicted octanol–water partition coefficient (Wildman–Crippen LogP) is 4.01. The fourth-order valence-corrected chi connectivity index (χ4v) is 3.95. The number of amidine groups is 1. The molecule has 3 aromatic rings. The van der Waals surface area contributed by atoms with Gasteiger partial charge in [-0.15, -0.1) is 15.7 Å². The molecule has 0 aliphatic rings. The highest BCUT2D eigenvalue weighted by molar-refractivity contribution is 7.90. The Hall–Kier alpha value is -2.51. The topological polar surface area (TPSA) is 71.4 Å². The average Bonchev–Trinajstić information content (AvgIpc) is 2.93. The minimum atomic E-state index is -3.83. The van der Waals surface area contributed by atoms with E-state index in [9.17, 15) is 8.42 Å². The summed E-state index contributed by atoms with van der Waals surface area (Å²) in [6.45, 7) is 3.88. The van der Waals surface area contributed by atoms with Gasteiger partial charge in [0.25, 0.3) is 10.0 Å². The first-order chi connectivity index (χ1) is 12.0. The second-order valence-corrected chi connectivity index (χ2v) is 8.19. The standard InChI is InChI=1S/C18H17N3O2S2/c1-13-14(2)24-18(19-13)20-17(15-9-5-3-6-10-15)21-25(22,23)16-11-7-4-8-12-16/h3-12H,1-2H3,(H,19,20,21). The Bertz CT molecular complexity index is 976. The van der Waals surface area contributed by atoms with E-state index in [2.05, 4.69) is 14.7 Å². The first-order valence-corrected chi connectivity index (χ1v) is 9.88. The van der Waals surface area contributed by atoms with Crippen LogP contribution in [0, 0.1) is 13.8 Å². The van der Waals surface area contributed by atoms with Crippen LogP contribution in [-0.4, -0.2) is 19.2 Å². The third kappa shape index (κ3) is 4.12. The Kier molecular flexibility index (Phi) is 4.96. The van der Waals surface area contributed by atoms with Crippen LogP contribution in [0.2, 0.25) is 0 Å². The number of hydrogen-bond donors (Lipinski definition) is 1. The van der Waals surface area contributed by atoms with E-state index in [4.69, 9.17) is 0 Å². The van der Waals surface area contributed by atoms with Gasteiger partial charge in [0.2, 0.25) is 0 Å². The Morgan fingerprint density at radius 1 is 1.00 bits per heavy atom. The lowest BCUT2D eigenvalue weighted by atomic mass is 10.2. The molecular weight excluding hydrogens is 354 g/mol. The molecule has 128 valence electrons. The van der Waals surface area contributed by atoms with Crippen LogP contribution < -0.4 is 5.32 Å². The molecule has 1 heterocycles. The van der Waals surface area contributed by atoms with Crippen molar-refractivity contribution in [2.45, 2.75) is 18.7 Å². The maximum Gasteiger partial charge on any atom is 0.284 e. The number of nitrogens with zero attached hydrogens (tertiary/aromatic N) is 2. The summed E-state index contributed by atoms with van der Waals surface area (Å²) in [7, 11) is -3.83. The lowest BCUT2D eigenvalue weighted by molar-refractivity contribution is 0.598. The van der Waals surface area contributed by atoms with Gasteiger partial charge in [-0.05, 0) is 26.0 Å². The van der Waals surface area contributed by atoms with E-state index >= 15 is 0 Å². The van der Waals surface area contributed by atoms with Gasteiger partial charge in [-0.3, -0.25) is 0 Å². The molecule has 0 radical (unpaired) electrons. The van der Waals surface area contributed by atoms with Crippen LogP contribution in [0.15, 0.2) is 70.0 Å². The molecule has 0 aliphatic heterocycles. The second-order valence-electron chi connectivity index (χ2n) is 5.38. The van der Waals surface area contributed by atoms with Crippen molar-refractivity contribution < 1.29 is 8.42 Å². The van der Waals surface area contributed by atoms with Gasteiger partial charge in [0, 0.05) is 10.4 Å². The normalized spacial score (nSPS) is 12.2. The summed E-state index contributed by atoms with van der Waals surface area (Å²) in [4.78, 5) is 5.63. The van der Waals surface area contributed by atoms with Crippen molar-refractivity contribution in [1.29, 1.82) is 0 Å². The van der Waals surface area contributed by atoms with Crippen molar-refractivity contribution in [3.63, 3.8) is 0 Å². The number of hydrogen-bond acceptors (Lipinski definition) is 4. The van der Waals surface area contributed by atoms with Crippen LogP contribution in [0.3, 0.4) is 0 Å². The Morgan fingerprint density at radius 2 is 1.60 bits per heavy atom. The largest absolute Gasteiger partial charge is 0.315 e. The molecule has 1 N–H and O–H groups in total. The molecule has 0 fully saturated rings. The molecule has 0 spiro atoms. The number of aromatic nitrogens is 1. The minimum absolute atomic E-state index is 0.150. The third-order valence-electron chi connectivity index (χ3n) is 3.55. The average molecular weight is 371 g/mol. The SMILES string of the molecule is Cc1nc(N/C(=N/S(=O)(=O)c2ccccc2)c2ccccc2)sc1C. The second kappa shape index (κ2) is 7.16. The molecule has 0 saturated heterocycles. The third-order valence-corrected chi connectivity index (χ3v) is 5.83. The van der Waals surface area contributed by atoms with Crippen LogP contribution in [0.4, 0.5) is 5.13 Å². The zero-order valence-corrected chi connectivity index (χ0v) is 15.4. The molecular formula is C18H17N3O2S2. The van der Waals surface area contributed by atoms with Crippen molar-refractivity contribution in [3.05, 3.63) is 76.8 Å². The van der Waals surface area contributed by atoms with Crippen molar-refractivity contribution in [2.75, 3.05) is 5.32 Å². The molecule has 25 heavy (non-hydrogen) atoms. The summed E-state index contributed by atoms with van der Waals surface area (Å²) in [5.74, 6) is 0.248. The molecule has 1 aromatic heterocycles. The molecule has 0 saturated carbocycles. The highest BCUT2D eigenvalue weighted by Crippen LogP contribution is 2.22. The van der Waals surface area contributed by atoms with Crippen LogP contribution in [-0.2, 0) is 10.0 Å². The summed E-state index contributed by atoms with van der Waals surface area (Å²) in [5, 5.41) is 3.67. The number of aryl methyl sites for hydroxylation is 2. The molecule has 2 aromatic carbocycles. The Labute approximate surface area is 151 Å². The lowest BCUT2D eigenvalue weighted by Gasteiger charge is -2.08. The first kappa shape index (κ1) is 17.3. The molecule has 0 atom stereocenters. The zero-order chi connectivity index (χ0) is 17.9. The molecule has 0 unspecified atom stereocenters.